The van der Waals surface area contributed by atoms with E-state index >= 15 is 0 Å². The third kappa shape index (κ3) is 5.98. The van der Waals surface area contributed by atoms with E-state index in [2.05, 4.69) is 13.0 Å². The molecule has 0 bridgehead atoms. The molecule has 1 aliphatic carbocycles. The maximum Gasteiger partial charge on any atom is 0.166 e. The van der Waals surface area contributed by atoms with Gasteiger partial charge in [0.1, 0.15) is 11.6 Å². The Balaban J connectivity index is 1.41. The molecule has 35 heavy (non-hydrogen) atoms. The molecule has 184 valence electrons. The van der Waals surface area contributed by atoms with Gasteiger partial charge in [-0.05, 0) is 79.3 Å². The van der Waals surface area contributed by atoms with E-state index in [1.165, 1.54) is 12.5 Å². The lowest BCUT2D eigenvalue weighted by Gasteiger charge is -2.22. The second kappa shape index (κ2) is 11.6. The van der Waals surface area contributed by atoms with Gasteiger partial charge in [-0.1, -0.05) is 62.2 Å². The van der Waals surface area contributed by atoms with Gasteiger partial charge in [0.15, 0.2) is 11.6 Å². The van der Waals surface area contributed by atoms with Crippen molar-refractivity contribution in [3.8, 4) is 16.9 Å². The third-order valence-electron chi connectivity index (χ3n) is 6.92. The summed E-state index contributed by atoms with van der Waals surface area (Å²) in [4.78, 5) is 0. The lowest BCUT2D eigenvalue weighted by atomic mass is 9.84. The van der Waals surface area contributed by atoms with Crippen LogP contribution in [0.15, 0.2) is 60.7 Å². The SMILES string of the molecule is CCCC1CC=C(c2ccc(CCc3ccc(-c4ccc(OCC)cc4F)cc3)c(F)c2F)CC1. The molecule has 1 unspecified atom stereocenters. The number of halogens is 3. The summed E-state index contributed by atoms with van der Waals surface area (Å²) in [6.07, 6.45) is 8.21. The highest BCUT2D eigenvalue weighted by Crippen LogP contribution is 2.34. The number of aryl methyl sites for hydroxylation is 2. The first kappa shape index (κ1) is 25.1. The summed E-state index contributed by atoms with van der Waals surface area (Å²) >= 11 is 0. The maximum absolute atomic E-state index is 14.9. The Bertz CT molecular complexity index is 1180. The Morgan fingerprint density at radius 2 is 1.63 bits per heavy atom. The number of hydrogen-bond donors (Lipinski definition) is 0. The molecule has 0 fully saturated rings. The first-order valence-corrected chi connectivity index (χ1v) is 12.7. The molecular formula is C31H33F3O. The molecule has 0 saturated heterocycles. The quantitative estimate of drug-likeness (QED) is 0.298. The van der Waals surface area contributed by atoms with E-state index in [9.17, 15) is 13.2 Å². The van der Waals surface area contributed by atoms with Gasteiger partial charge < -0.3 is 4.74 Å². The van der Waals surface area contributed by atoms with Crippen molar-refractivity contribution in [2.45, 2.75) is 58.8 Å². The van der Waals surface area contributed by atoms with Gasteiger partial charge in [-0.2, -0.15) is 0 Å². The summed E-state index contributed by atoms with van der Waals surface area (Å²) in [7, 11) is 0. The van der Waals surface area contributed by atoms with Crippen LogP contribution in [-0.4, -0.2) is 6.61 Å². The molecule has 3 aromatic rings. The number of benzene rings is 3. The molecule has 0 spiro atoms. The van der Waals surface area contributed by atoms with Crippen LogP contribution in [-0.2, 0) is 12.8 Å². The van der Waals surface area contributed by atoms with E-state index in [1.54, 1.807) is 24.3 Å². The van der Waals surface area contributed by atoms with Gasteiger partial charge in [-0.3, -0.25) is 0 Å². The molecule has 0 aromatic heterocycles. The fraction of sp³-hybridized carbons (Fsp3) is 0.355. The largest absolute Gasteiger partial charge is 0.494 e. The smallest absolute Gasteiger partial charge is 0.166 e. The summed E-state index contributed by atoms with van der Waals surface area (Å²) in [6, 6.07) is 15.8. The van der Waals surface area contributed by atoms with Crippen LogP contribution in [0.2, 0.25) is 0 Å². The molecule has 1 aliphatic rings. The summed E-state index contributed by atoms with van der Waals surface area (Å²) in [5.74, 6) is -0.647. The Kier molecular flexibility index (Phi) is 8.33. The number of hydrogen-bond acceptors (Lipinski definition) is 1. The zero-order valence-electron chi connectivity index (χ0n) is 20.5. The minimum absolute atomic E-state index is 0.338. The van der Waals surface area contributed by atoms with Crippen LogP contribution in [0.1, 0.15) is 62.6 Å². The highest BCUT2D eigenvalue weighted by atomic mass is 19.2. The zero-order chi connectivity index (χ0) is 24.8. The van der Waals surface area contributed by atoms with E-state index in [0.717, 1.165) is 42.4 Å². The molecule has 0 N–H and O–H groups in total. The first-order valence-electron chi connectivity index (χ1n) is 12.7. The van der Waals surface area contributed by atoms with Crippen LogP contribution in [0.25, 0.3) is 16.7 Å². The molecule has 4 heteroatoms. The van der Waals surface area contributed by atoms with Gasteiger partial charge in [-0.25, -0.2) is 13.2 Å². The second-order valence-electron chi connectivity index (χ2n) is 9.33. The van der Waals surface area contributed by atoms with Crippen LogP contribution in [0.3, 0.4) is 0 Å². The van der Waals surface area contributed by atoms with Crippen LogP contribution in [0, 0.1) is 23.4 Å². The van der Waals surface area contributed by atoms with Gasteiger partial charge in [0.2, 0.25) is 0 Å². The van der Waals surface area contributed by atoms with Crippen LogP contribution < -0.4 is 4.74 Å². The topological polar surface area (TPSA) is 9.23 Å². The van der Waals surface area contributed by atoms with Gasteiger partial charge >= 0.3 is 0 Å². The molecule has 0 aliphatic heterocycles. The highest BCUT2D eigenvalue weighted by molar-refractivity contribution is 5.67. The minimum Gasteiger partial charge on any atom is -0.494 e. The average molecular weight is 479 g/mol. The molecule has 0 radical (unpaired) electrons. The second-order valence-corrected chi connectivity index (χ2v) is 9.33. The van der Waals surface area contributed by atoms with E-state index in [-0.39, 0.29) is 5.82 Å². The van der Waals surface area contributed by atoms with Crippen molar-refractivity contribution in [3.63, 3.8) is 0 Å². The Hall–Kier alpha value is -3.01. The van der Waals surface area contributed by atoms with E-state index in [1.807, 2.05) is 31.2 Å². The lowest BCUT2D eigenvalue weighted by molar-refractivity contribution is 0.338. The number of rotatable bonds is 9. The van der Waals surface area contributed by atoms with Crippen LogP contribution in [0.5, 0.6) is 5.75 Å². The standard InChI is InChI=1S/C31H33F3O/c1-3-5-21-6-13-24(14-7-21)28-18-16-25(30(33)31(28)34)15-10-22-8-11-23(12-9-22)27-19-17-26(35-4-2)20-29(27)32/h8-9,11-13,16-21H,3-7,10,14-15H2,1-2H3. The van der Waals surface area contributed by atoms with E-state index < -0.39 is 11.6 Å². The fourth-order valence-electron chi connectivity index (χ4n) is 4.95. The zero-order valence-corrected chi connectivity index (χ0v) is 20.5. The normalized spacial score (nSPS) is 15.7. The average Bonchev–Trinajstić information content (AvgIpc) is 2.87. The summed E-state index contributed by atoms with van der Waals surface area (Å²) in [5.41, 5.74) is 3.97. The minimum atomic E-state index is -0.743. The Labute approximate surface area is 206 Å². The molecule has 3 aromatic carbocycles. The van der Waals surface area contributed by atoms with E-state index in [0.29, 0.717) is 47.8 Å². The van der Waals surface area contributed by atoms with Crippen molar-refractivity contribution in [2.24, 2.45) is 5.92 Å². The van der Waals surface area contributed by atoms with Crippen molar-refractivity contribution in [2.75, 3.05) is 6.61 Å². The third-order valence-corrected chi connectivity index (χ3v) is 6.92. The monoisotopic (exact) mass is 478 g/mol. The maximum atomic E-state index is 14.9. The van der Waals surface area contributed by atoms with Gasteiger partial charge in [0.25, 0.3) is 0 Å². The van der Waals surface area contributed by atoms with E-state index in [4.69, 9.17) is 4.74 Å². The van der Waals surface area contributed by atoms with Crippen LogP contribution >= 0.6 is 0 Å². The van der Waals surface area contributed by atoms with Crippen molar-refractivity contribution >= 4 is 5.57 Å². The molecule has 4 rings (SSSR count). The number of ether oxygens (including phenoxy) is 1. The van der Waals surface area contributed by atoms with Crippen LogP contribution in [0.4, 0.5) is 13.2 Å². The molecule has 1 nitrogen and oxygen atoms in total. The molecular weight excluding hydrogens is 445 g/mol. The van der Waals surface area contributed by atoms with Crippen molar-refractivity contribution in [1.29, 1.82) is 0 Å². The predicted molar refractivity (Wildman–Crippen MR) is 137 cm³/mol. The summed E-state index contributed by atoms with van der Waals surface area (Å²) < 4.78 is 49.6. The van der Waals surface area contributed by atoms with Crippen molar-refractivity contribution in [1.82, 2.24) is 0 Å². The first-order chi connectivity index (χ1) is 17.0. The molecule has 0 heterocycles. The lowest BCUT2D eigenvalue weighted by Crippen LogP contribution is -2.07. The molecule has 1 atom stereocenters. The number of allylic oxidation sites excluding steroid dienone is 2. The molecule has 0 amide bonds. The summed E-state index contributed by atoms with van der Waals surface area (Å²) in [6.45, 7) is 4.52. The summed E-state index contributed by atoms with van der Waals surface area (Å²) in [5, 5.41) is 0. The van der Waals surface area contributed by atoms with Crippen molar-refractivity contribution in [3.05, 3.63) is 94.8 Å². The Morgan fingerprint density at radius 3 is 2.29 bits per heavy atom. The Morgan fingerprint density at radius 1 is 0.857 bits per heavy atom. The molecule has 0 saturated carbocycles. The fourth-order valence-corrected chi connectivity index (χ4v) is 4.95. The predicted octanol–water partition coefficient (Wildman–Crippen LogP) is 8.94. The van der Waals surface area contributed by atoms with Gasteiger partial charge in [-0.15, -0.1) is 0 Å². The highest BCUT2D eigenvalue weighted by Gasteiger charge is 2.20. The van der Waals surface area contributed by atoms with Gasteiger partial charge in [0, 0.05) is 17.2 Å². The van der Waals surface area contributed by atoms with Crippen molar-refractivity contribution < 1.29 is 17.9 Å². The van der Waals surface area contributed by atoms with Gasteiger partial charge in [0.05, 0.1) is 6.61 Å².